The van der Waals surface area contributed by atoms with Crippen molar-refractivity contribution in [2.75, 3.05) is 29.9 Å². The van der Waals surface area contributed by atoms with Crippen LogP contribution in [0.2, 0.25) is 0 Å². The molecule has 1 saturated heterocycles. The second-order valence-corrected chi connectivity index (χ2v) is 10.4. The van der Waals surface area contributed by atoms with Crippen LogP contribution in [0.3, 0.4) is 0 Å². The Morgan fingerprint density at radius 1 is 1.10 bits per heavy atom. The third kappa shape index (κ3) is 4.56. The standard InChI is InChI=1S/C19H17F2IN2O5S/c1-10-8-11(22)2-3-14(10)23-17-13(19(26)27)9-12(15(20)16(17)21)18(25)24-4-6-30(28,29)7-5-24/h2-3,8-9,23H,4-7H2,1H3,(H,26,27). The first-order valence-electron chi connectivity index (χ1n) is 8.78. The fraction of sp³-hybridized carbons (Fsp3) is 0.263. The van der Waals surface area contributed by atoms with Crippen LogP contribution in [0.5, 0.6) is 0 Å². The summed E-state index contributed by atoms with van der Waals surface area (Å²) in [5.41, 5.74) is -0.889. The van der Waals surface area contributed by atoms with E-state index in [-0.39, 0.29) is 24.6 Å². The number of halogens is 3. The Morgan fingerprint density at radius 3 is 2.30 bits per heavy atom. The maximum absolute atomic E-state index is 14.9. The Balaban J connectivity index is 2.02. The third-order valence-corrected chi connectivity index (χ3v) is 7.03. The van der Waals surface area contributed by atoms with Gasteiger partial charge >= 0.3 is 5.97 Å². The smallest absolute Gasteiger partial charge is 0.337 e. The number of aryl methyl sites for hydroxylation is 1. The van der Waals surface area contributed by atoms with E-state index in [4.69, 9.17) is 0 Å². The molecule has 11 heteroatoms. The fourth-order valence-corrected chi connectivity index (χ4v) is 4.91. The fourth-order valence-electron chi connectivity index (χ4n) is 3.06. The van der Waals surface area contributed by atoms with Crippen molar-refractivity contribution in [3.8, 4) is 0 Å². The first-order chi connectivity index (χ1) is 14.0. The monoisotopic (exact) mass is 550 g/mol. The van der Waals surface area contributed by atoms with Gasteiger partial charge in [-0.25, -0.2) is 22.0 Å². The molecule has 1 heterocycles. The summed E-state index contributed by atoms with van der Waals surface area (Å²) in [4.78, 5) is 25.4. The van der Waals surface area contributed by atoms with Crippen LogP contribution < -0.4 is 5.32 Å². The van der Waals surface area contributed by atoms with Gasteiger partial charge in [-0.2, -0.15) is 0 Å². The normalized spacial score (nSPS) is 15.7. The SMILES string of the molecule is Cc1cc(I)ccc1Nc1c(C(=O)O)cc(C(=O)N2CCS(=O)(=O)CC2)c(F)c1F. The first kappa shape index (κ1) is 22.4. The highest BCUT2D eigenvalue weighted by molar-refractivity contribution is 14.1. The number of carboxylic acid groups (broad SMARTS) is 1. The van der Waals surface area contributed by atoms with Crippen molar-refractivity contribution in [3.05, 3.63) is 56.2 Å². The van der Waals surface area contributed by atoms with Crippen molar-refractivity contribution in [1.29, 1.82) is 0 Å². The quantitative estimate of drug-likeness (QED) is 0.568. The topological polar surface area (TPSA) is 104 Å². The minimum Gasteiger partial charge on any atom is -0.478 e. The number of carbonyl (C=O) groups is 2. The van der Waals surface area contributed by atoms with E-state index < -0.39 is 50.2 Å². The number of hydrogen-bond acceptors (Lipinski definition) is 5. The number of aromatic carboxylic acids is 1. The second-order valence-electron chi connectivity index (χ2n) is 6.81. The van der Waals surface area contributed by atoms with Crippen molar-refractivity contribution < 1.29 is 31.9 Å². The number of anilines is 2. The molecule has 0 aliphatic carbocycles. The van der Waals surface area contributed by atoms with E-state index >= 15 is 0 Å². The van der Waals surface area contributed by atoms with Gasteiger partial charge in [-0.15, -0.1) is 0 Å². The number of amides is 1. The van der Waals surface area contributed by atoms with Crippen molar-refractivity contribution >= 4 is 55.7 Å². The van der Waals surface area contributed by atoms with E-state index in [9.17, 15) is 31.9 Å². The van der Waals surface area contributed by atoms with Crippen molar-refractivity contribution in [1.82, 2.24) is 4.90 Å². The number of benzene rings is 2. The minimum atomic E-state index is -3.29. The van der Waals surface area contributed by atoms with Crippen LogP contribution in [-0.4, -0.2) is 54.9 Å². The Morgan fingerprint density at radius 2 is 1.73 bits per heavy atom. The number of sulfone groups is 1. The highest BCUT2D eigenvalue weighted by Crippen LogP contribution is 2.31. The number of hydrogen-bond donors (Lipinski definition) is 2. The molecule has 2 N–H and O–H groups in total. The zero-order valence-electron chi connectivity index (χ0n) is 15.7. The van der Waals surface area contributed by atoms with Gasteiger partial charge < -0.3 is 15.3 Å². The van der Waals surface area contributed by atoms with Gasteiger partial charge in [0.05, 0.1) is 28.3 Å². The maximum atomic E-state index is 14.9. The molecule has 0 spiro atoms. The summed E-state index contributed by atoms with van der Waals surface area (Å²) in [6, 6.07) is 5.87. The van der Waals surface area contributed by atoms with Crippen LogP contribution in [0, 0.1) is 22.1 Å². The molecule has 0 radical (unpaired) electrons. The number of rotatable bonds is 4. The number of nitrogens with one attached hydrogen (secondary N) is 1. The lowest BCUT2D eigenvalue weighted by Gasteiger charge is -2.27. The van der Waals surface area contributed by atoms with Gasteiger partial charge in [0.1, 0.15) is 0 Å². The van der Waals surface area contributed by atoms with Gasteiger partial charge in [-0.3, -0.25) is 4.79 Å². The summed E-state index contributed by atoms with van der Waals surface area (Å²) in [6.45, 7) is 1.38. The van der Waals surface area contributed by atoms with E-state index in [0.29, 0.717) is 11.3 Å². The van der Waals surface area contributed by atoms with Crippen LogP contribution in [0.1, 0.15) is 26.3 Å². The molecular formula is C19H17F2IN2O5S. The largest absolute Gasteiger partial charge is 0.478 e. The van der Waals surface area contributed by atoms with Crippen LogP contribution >= 0.6 is 22.6 Å². The summed E-state index contributed by atoms with van der Waals surface area (Å²) >= 11 is 2.08. The summed E-state index contributed by atoms with van der Waals surface area (Å²) < 4.78 is 53.6. The van der Waals surface area contributed by atoms with Crippen LogP contribution in [0.25, 0.3) is 0 Å². The van der Waals surface area contributed by atoms with Gasteiger partial charge in [0, 0.05) is 22.3 Å². The van der Waals surface area contributed by atoms with Crippen LogP contribution in [0.15, 0.2) is 24.3 Å². The van der Waals surface area contributed by atoms with Crippen molar-refractivity contribution in [2.24, 2.45) is 0 Å². The molecule has 1 amide bonds. The highest BCUT2D eigenvalue weighted by Gasteiger charge is 2.31. The van der Waals surface area contributed by atoms with Gasteiger partial charge in [0.25, 0.3) is 5.91 Å². The summed E-state index contributed by atoms with van der Waals surface area (Å²) in [6.07, 6.45) is 0. The molecule has 1 aliphatic rings. The van der Waals surface area contributed by atoms with Crippen molar-refractivity contribution in [2.45, 2.75) is 6.92 Å². The molecule has 2 aromatic carbocycles. The second kappa shape index (κ2) is 8.46. The maximum Gasteiger partial charge on any atom is 0.337 e. The van der Waals surface area contributed by atoms with Gasteiger partial charge in [0.2, 0.25) is 0 Å². The lowest BCUT2D eigenvalue weighted by atomic mass is 10.0. The average Bonchev–Trinajstić information content (AvgIpc) is 2.66. The van der Waals surface area contributed by atoms with E-state index in [1.807, 2.05) is 0 Å². The van der Waals surface area contributed by atoms with Gasteiger partial charge in [-0.05, 0) is 59.3 Å². The number of nitrogens with zero attached hydrogens (tertiary/aromatic N) is 1. The molecule has 0 atom stereocenters. The molecule has 0 unspecified atom stereocenters. The minimum absolute atomic E-state index is 0.174. The van der Waals surface area contributed by atoms with Gasteiger partial charge in [0.15, 0.2) is 21.5 Å². The molecule has 7 nitrogen and oxygen atoms in total. The summed E-state index contributed by atoms with van der Waals surface area (Å²) in [7, 11) is -3.29. The van der Waals surface area contributed by atoms with E-state index in [1.54, 1.807) is 25.1 Å². The molecule has 3 rings (SSSR count). The predicted molar refractivity (Wildman–Crippen MR) is 115 cm³/mol. The van der Waals surface area contributed by atoms with E-state index in [0.717, 1.165) is 14.5 Å². The Kier molecular flexibility index (Phi) is 6.32. The molecule has 2 aromatic rings. The Hall–Kier alpha value is -2.28. The zero-order chi connectivity index (χ0) is 22.2. The van der Waals surface area contributed by atoms with Crippen LogP contribution in [-0.2, 0) is 9.84 Å². The molecule has 1 aliphatic heterocycles. The Labute approximate surface area is 185 Å². The molecule has 0 aromatic heterocycles. The summed E-state index contributed by atoms with van der Waals surface area (Å²) in [5, 5.41) is 12.1. The lowest BCUT2D eigenvalue weighted by Crippen LogP contribution is -2.44. The van der Waals surface area contributed by atoms with Crippen LogP contribution in [0.4, 0.5) is 20.2 Å². The van der Waals surface area contributed by atoms with Gasteiger partial charge in [-0.1, -0.05) is 0 Å². The van der Waals surface area contributed by atoms with E-state index in [2.05, 4.69) is 27.9 Å². The molecule has 1 fully saturated rings. The molecule has 0 bridgehead atoms. The predicted octanol–water partition coefficient (Wildman–Crippen LogP) is 3.19. The zero-order valence-corrected chi connectivity index (χ0v) is 18.7. The Bertz CT molecular complexity index is 1140. The molecular weight excluding hydrogens is 533 g/mol. The third-order valence-electron chi connectivity index (χ3n) is 4.75. The summed E-state index contributed by atoms with van der Waals surface area (Å²) in [5.74, 6) is -6.08. The molecule has 0 saturated carbocycles. The molecule has 30 heavy (non-hydrogen) atoms. The van der Waals surface area contributed by atoms with Crippen molar-refractivity contribution in [3.63, 3.8) is 0 Å². The highest BCUT2D eigenvalue weighted by atomic mass is 127. The average molecular weight is 550 g/mol. The number of carboxylic acids is 1. The first-order valence-corrected chi connectivity index (χ1v) is 11.7. The molecule has 160 valence electrons. The van der Waals surface area contributed by atoms with E-state index in [1.165, 1.54) is 0 Å². The number of carbonyl (C=O) groups excluding carboxylic acids is 1. The lowest BCUT2D eigenvalue weighted by molar-refractivity contribution is 0.0697.